The van der Waals surface area contributed by atoms with Crippen LogP contribution < -0.4 is 5.32 Å². The molecule has 0 rings (SSSR count). The first-order valence-electron chi connectivity index (χ1n) is 30.9. The van der Waals surface area contributed by atoms with E-state index in [4.69, 9.17) is 4.74 Å². The Labute approximate surface area is 436 Å². The van der Waals surface area contributed by atoms with Gasteiger partial charge in [-0.3, -0.25) is 9.59 Å². The first kappa shape index (κ1) is 67.8. The molecule has 0 aromatic heterocycles. The summed E-state index contributed by atoms with van der Waals surface area (Å²) in [5.41, 5.74) is 0. The molecule has 0 aromatic rings. The van der Waals surface area contributed by atoms with Crippen molar-refractivity contribution in [3.63, 3.8) is 0 Å². The molecule has 3 N–H and O–H groups in total. The van der Waals surface area contributed by atoms with Gasteiger partial charge in [0.15, 0.2) is 0 Å². The molecule has 6 nitrogen and oxygen atoms in total. The fourth-order valence-electron chi connectivity index (χ4n) is 9.31. The molecule has 2 atom stereocenters. The van der Waals surface area contributed by atoms with Crippen molar-refractivity contribution in [2.45, 2.75) is 334 Å². The number of aliphatic hydroxyl groups is 2. The van der Waals surface area contributed by atoms with E-state index in [0.29, 0.717) is 19.4 Å². The number of carbonyl (C=O) groups excluding carboxylic acids is 2. The number of amides is 1. The number of hydrogen-bond acceptors (Lipinski definition) is 5. The Bertz CT molecular complexity index is 1180. The van der Waals surface area contributed by atoms with E-state index in [0.717, 1.165) is 51.4 Å². The smallest absolute Gasteiger partial charge is 0.305 e. The van der Waals surface area contributed by atoms with Gasteiger partial charge in [0, 0.05) is 12.8 Å². The van der Waals surface area contributed by atoms with E-state index in [9.17, 15) is 19.8 Å². The number of nitrogens with one attached hydrogen (secondary N) is 1. The Kier molecular flexibility index (Phi) is 57.5. The largest absolute Gasteiger partial charge is 0.466 e. The van der Waals surface area contributed by atoms with Crippen molar-refractivity contribution >= 4 is 11.9 Å². The fraction of sp³-hybridized carbons (Fsp3) is 0.844. The third kappa shape index (κ3) is 55.1. The van der Waals surface area contributed by atoms with Crippen molar-refractivity contribution in [1.82, 2.24) is 5.32 Å². The zero-order chi connectivity index (χ0) is 50.7. The lowest BCUT2D eigenvalue weighted by Gasteiger charge is -2.20. The highest BCUT2D eigenvalue weighted by Crippen LogP contribution is 2.16. The van der Waals surface area contributed by atoms with Crippen molar-refractivity contribution < 1.29 is 24.5 Å². The number of allylic oxidation sites excluding steroid dienone is 7. The number of unbranched alkanes of at least 4 members (excludes halogenated alkanes) is 40. The highest BCUT2D eigenvalue weighted by Gasteiger charge is 2.18. The van der Waals surface area contributed by atoms with Crippen molar-refractivity contribution in [2.75, 3.05) is 13.2 Å². The monoisotopic (exact) mass is 982 g/mol. The Hall–Kier alpha value is -2.18. The number of hydrogen-bond donors (Lipinski definition) is 3. The summed E-state index contributed by atoms with van der Waals surface area (Å²) in [6, 6.07) is -0.627. The van der Waals surface area contributed by atoms with E-state index in [1.54, 1.807) is 6.08 Å². The van der Waals surface area contributed by atoms with Crippen molar-refractivity contribution in [3.8, 4) is 0 Å². The van der Waals surface area contributed by atoms with Gasteiger partial charge in [0.05, 0.1) is 25.4 Å². The molecule has 0 aliphatic heterocycles. The van der Waals surface area contributed by atoms with Crippen LogP contribution in [0, 0.1) is 0 Å². The molecule has 1 amide bonds. The summed E-state index contributed by atoms with van der Waals surface area (Å²) >= 11 is 0. The summed E-state index contributed by atoms with van der Waals surface area (Å²) in [5, 5.41) is 23.0. The quantitative estimate of drug-likeness (QED) is 0.0321. The van der Waals surface area contributed by atoms with Crippen molar-refractivity contribution in [2.24, 2.45) is 0 Å². The third-order valence-corrected chi connectivity index (χ3v) is 14.1. The summed E-state index contributed by atoms with van der Waals surface area (Å²) in [4.78, 5) is 24.5. The molecule has 2 unspecified atom stereocenters. The van der Waals surface area contributed by atoms with Gasteiger partial charge in [-0.15, -0.1) is 0 Å². The van der Waals surface area contributed by atoms with Crippen LogP contribution in [-0.4, -0.2) is 47.4 Å². The average molecular weight is 983 g/mol. The maximum Gasteiger partial charge on any atom is 0.305 e. The molecular formula is C64H119NO5. The van der Waals surface area contributed by atoms with Gasteiger partial charge in [0.2, 0.25) is 5.91 Å². The predicted molar refractivity (Wildman–Crippen MR) is 306 cm³/mol. The molecule has 0 aliphatic carbocycles. The minimum atomic E-state index is -0.843. The van der Waals surface area contributed by atoms with Crippen LogP contribution in [-0.2, 0) is 14.3 Å². The molecule has 0 saturated heterocycles. The van der Waals surface area contributed by atoms with Crippen LogP contribution in [0.15, 0.2) is 48.6 Å². The predicted octanol–water partition coefficient (Wildman–Crippen LogP) is 19.4. The van der Waals surface area contributed by atoms with Crippen molar-refractivity contribution in [3.05, 3.63) is 48.6 Å². The second-order valence-electron chi connectivity index (χ2n) is 21.0. The first-order chi connectivity index (χ1) is 34.5. The minimum Gasteiger partial charge on any atom is -0.466 e. The Morgan fingerprint density at radius 2 is 0.714 bits per heavy atom. The van der Waals surface area contributed by atoms with Gasteiger partial charge in [-0.05, 0) is 89.9 Å². The summed E-state index contributed by atoms with van der Waals surface area (Å²) in [7, 11) is 0. The lowest BCUT2D eigenvalue weighted by molar-refractivity contribution is -0.143. The molecule has 0 bridgehead atoms. The van der Waals surface area contributed by atoms with Gasteiger partial charge in [-0.2, -0.15) is 0 Å². The normalized spacial score (nSPS) is 12.9. The molecule has 6 heteroatoms. The highest BCUT2D eigenvalue weighted by molar-refractivity contribution is 5.76. The van der Waals surface area contributed by atoms with Crippen LogP contribution in [0.5, 0.6) is 0 Å². The minimum absolute atomic E-state index is 0.000769. The number of rotatable bonds is 57. The van der Waals surface area contributed by atoms with Crippen molar-refractivity contribution in [1.29, 1.82) is 0 Å². The van der Waals surface area contributed by atoms with E-state index in [-0.39, 0.29) is 18.5 Å². The zero-order valence-corrected chi connectivity index (χ0v) is 46.7. The lowest BCUT2D eigenvalue weighted by atomic mass is 10.0. The molecule has 70 heavy (non-hydrogen) atoms. The van der Waals surface area contributed by atoms with Crippen LogP contribution in [0.1, 0.15) is 322 Å². The molecule has 0 heterocycles. The number of carbonyl (C=O) groups is 2. The molecule has 0 spiro atoms. The molecule has 0 saturated carbocycles. The van der Waals surface area contributed by atoms with E-state index in [2.05, 4.69) is 55.6 Å². The standard InChI is InChI=1S/C64H119NO5/c1-3-5-7-9-11-13-15-16-17-32-35-38-42-46-50-54-58-64(69)70-59-55-51-47-43-39-36-33-30-28-26-24-22-20-18-19-21-23-25-27-29-31-34-37-41-45-49-53-57-63(68)65-61(60-66)62(67)56-52-48-44-40-14-12-10-8-6-4-2/h13,15,17-19,32,52,56,61-62,66-67H,3-12,14,16,20-31,33-51,53-55,57-60H2,1-2H3,(H,65,68)/b15-13-,19-18-,32-17-,56-52+. The number of ether oxygens (including phenoxy) is 1. The fourth-order valence-corrected chi connectivity index (χ4v) is 9.31. The van der Waals surface area contributed by atoms with E-state index in [1.807, 2.05) is 6.08 Å². The van der Waals surface area contributed by atoms with Crippen LogP contribution in [0.25, 0.3) is 0 Å². The maximum absolute atomic E-state index is 12.4. The van der Waals surface area contributed by atoms with E-state index in [1.165, 1.54) is 244 Å². The van der Waals surface area contributed by atoms with E-state index < -0.39 is 12.1 Å². The van der Waals surface area contributed by atoms with Crippen LogP contribution in [0.4, 0.5) is 0 Å². The summed E-state index contributed by atoms with van der Waals surface area (Å²) in [6.45, 7) is 4.86. The van der Waals surface area contributed by atoms with Gasteiger partial charge in [0.25, 0.3) is 0 Å². The molecule has 0 radical (unpaired) electrons. The summed E-state index contributed by atoms with van der Waals surface area (Å²) in [5.74, 6) is -0.0701. The van der Waals surface area contributed by atoms with Gasteiger partial charge in [-0.25, -0.2) is 0 Å². The first-order valence-corrected chi connectivity index (χ1v) is 30.9. The molecule has 0 aliphatic rings. The summed E-state index contributed by atoms with van der Waals surface area (Å²) < 4.78 is 5.48. The van der Waals surface area contributed by atoms with Gasteiger partial charge < -0.3 is 20.3 Å². The molecular weight excluding hydrogens is 863 g/mol. The Balaban J connectivity index is 3.38. The van der Waals surface area contributed by atoms with E-state index >= 15 is 0 Å². The highest BCUT2D eigenvalue weighted by atomic mass is 16.5. The molecule has 410 valence electrons. The topological polar surface area (TPSA) is 95.9 Å². The van der Waals surface area contributed by atoms with Gasteiger partial charge in [0.1, 0.15) is 0 Å². The average Bonchev–Trinajstić information content (AvgIpc) is 3.36. The second kappa shape index (κ2) is 59.4. The lowest BCUT2D eigenvalue weighted by Crippen LogP contribution is -2.45. The summed E-state index contributed by atoms with van der Waals surface area (Å²) in [6.07, 6.45) is 75.9. The van der Waals surface area contributed by atoms with Gasteiger partial charge in [-0.1, -0.05) is 268 Å². The Morgan fingerprint density at radius 1 is 0.400 bits per heavy atom. The number of aliphatic hydroxyl groups excluding tert-OH is 2. The maximum atomic E-state index is 12.4. The van der Waals surface area contributed by atoms with Crippen LogP contribution in [0.3, 0.4) is 0 Å². The number of esters is 1. The molecule has 0 fully saturated rings. The Morgan fingerprint density at radius 3 is 1.11 bits per heavy atom. The molecule has 0 aromatic carbocycles. The zero-order valence-electron chi connectivity index (χ0n) is 46.7. The van der Waals surface area contributed by atoms with Crippen LogP contribution >= 0.6 is 0 Å². The SMILES string of the molecule is CCCCCC/C=C\C/C=C\CCCCCCCC(=O)OCCCCCCCCCCCCCC/C=C\CCCCCCCCCCCCCC(=O)NC(CO)C(O)/C=C/CCCCCCCCCC. The van der Waals surface area contributed by atoms with Crippen LogP contribution in [0.2, 0.25) is 0 Å². The van der Waals surface area contributed by atoms with Gasteiger partial charge >= 0.3 is 5.97 Å². The third-order valence-electron chi connectivity index (χ3n) is 14.1. The second-order valence-corrected chi connectivity index (χ2v) is 21.0.